The first-order chi connectivity index (χ1) is 10.2. The van der Waals surface area contributed by atoms with Crippen LogP contribution in [0.1, 0.15) is 12.0 Å². The first-order valence-electron chi connectivity index (χ1n) is 6.63. The lowest BCUT2D eigenvalue weighted by Gasteiger charge is -2.12. The van der Waals surface area contributed by atoms with Crippen LogP contribution in [0.2, 0.25) is 0 Å². The van der Waals surface area contributed by atoms with Crippen LogP contribution in [0.3, 0.4) is 0 Å². The SMILES string of the molecule is CN=C(NCCCOC)NCc1cccc(OC(F)F)c1. The van der Waals surface area contributed by atoms with Gasteiger partial charge in [-0.25, -0.2) is 0 Å². The number of ether oxygens (including phenoxy) is 2. The van der Waals surface area contributed by atoms with Crippen molar-refractivity contribution in [2.45, 2.75) is 19.6 Å². The Labute approximate surface area is 123 Å². The predicted molar refractivity (Wildman–Crippen MR) is 77.8 cm³/mol. The van der Waals surface area contributed by atoms with E-state index in [1.165, 1.54) is 6.07 Å². The first kappa shape index (κ1) is 17.2. The molecule has 0 spiro atoms. The summed E-state index contributed by atoms with van der Waals surface area (Å²) in [6.45, 7) is -0.938. The van der Waals surface area contributed by atoms with Gasteiger partial charge < -0.3 is 20.1 Å². The maximum absolute atomic E-state index is 12.1. The molecule has 7 heteroatoms. The first-order valence-corrected chi connectivity index (χ1v) is 6.63. The molecule has 118 valence electrons. The lowest BCUT2D eigenvalue weighted by Crippen LogP contribution is -2.37. The van der Waals surface area contributed by atoms with Crippen LogP contribution in [0, 0.1) is 0 Å². The Bertz CT molecular complexity index is 442. The zero-order valence-electron chi connectivity index (χ0n) is 12.2. The minimum atomic E-state index is -2.82. The highest BCUT2D eigenvalue weighted by molar-refractivity contribution is 5.79. The summed E-state index contributed by atoms with van der Waals surface area (Å²) < 4.78 is 33.6. The van der Waals surface area contributed by atoms with E-state index in [-0.39, 0.29) is 5.75 Å². The van der Waals surface area contributed by atoms with E-state index in [2.05, 4.69) is 20.4 Å². The maximum atomic E-state index is 12.1. The molecule has 0 unspecified atom stereocenters. The summed E-state index contributed by atoms with van der Waals surface area (Å²) in [5.41, 5.74) is 0.827. The van der Waals surface area contributed by atoms with Crippen molar-refractivity contribution in [1.29, 1.82) is 0 Å². The van der Waals surface area contributed by atoms with E-state index in [0.29, 0.717) is 19.1 Å². The molecule has 0 aliphatic rings. The molecule has 0 bridgehead atoms. The van der Waals surface area contributed by atoms with Gasteiger partial charge in [0.1, 0.15) is 5.75 Å². The third kappa shape index (κ3) is 7.45. The number of nitrogens with zero attached hydrogens (tertiary/aromatic N) is 1. The van der Waals surface area contributed by atoms with Gasteiger partial charge in [-0.3, -0.25) is 4.99 Å². The van der Waals surface area contributed by atoms with Gasteiger partial charge in [0.05, 0.1) is 0 Å². The third-order valence-electron chi connectivity index (χ3n) is 2.62. The quantitative estimate of drug-likeness (QED) is 0.438. The van der Waals surface area contributed by atoms with Gasteiger partial charge in [-0.05, 0) is 24.1 Å². The molecular formula is C14H21F2N3O2. The molecule has 2 N–H and O–H groups in total. The van der Waals surface area contributed by atoms with Crippen LogP contribution < -0.4 is 15.4 Å². The smallest absolute Gasteiger partial charge is 0.387 e. The third-order valence-corrected chi connectivity index (χ3v) is 2.62. The largest absolute Gasteiger partial charge is 0.435 e. The summed E-state index contributed by atoms with van der Waals surface area (Å²) in [4.78, 5) is 4.07. The summed E-state index contributed by atoms with van der Waals surface area (Å²) in [6.07, 6.45) is 0.870. The second-order valence-electron chi connectivity index (χ2n) is 4.22. The molecule has 1 aromatic carbocycles. The molecule has 1 rings (SSSR count). The van der Waals surface area contributed by atoms with E-state index in [1.54, 1.807) is 26.3 Å². The van der Waals surface area contributed by atoms with Crippen molar-refractivity contribution >= 4 is 5.96 Å². The lowest BCUT2D eigenvalue weighted by atomic mass is 10.2. The van der Waals surface area contributed by atoms with Gasteiger partial charge >= 0.3 is 6.61 Å². The molecule has 0 aliphatic heterocycles. The Morgan fingerprint density at radius 1 is 1.33 bits per heavy atom. The highest BCUT2D eigenvalue weighted by Crippen LogP contribution is 2.15. The lowest BCUT2D eigenvalue weighted by molar-refractivity contribution is -0.0498. The highest BCUT2D eigenvalue weighted by Gasteiger charge is 2.05. The van der Waals surface area contributed by atoms with Crippen LogP contribution >= 0.6 is 0 Å². The molecule has 0 aliphatic carbocycles. The Morgan fingerprint density at radius 2 is 2.14 bits per heavy atom. The van der Waals surface area contributed by atoms with Crippen LogP contribution in [-0.4, -0.2) is 39.9 Å². The molecule has 0 aromatic heterocycles. The Morgan fingerprint density at radius 3 is 2.81 bits per heavy atom. The minimum absolute atomic E-state index is 0.146. The highest BCUT2D eigenvalue weighted by atomic mass is 19.3. The minimum Gasteiger partial charge on any atom is -0.435 e. The molecule has 0 saturated heterocycles. The summed E-state index contributed by atoms with van der Waals surface area (Å²) in [5, 5.41) is 6.23. The van der Waals surface area contributed by atoms with Crippen LogP contribution in [-0.2, 0) is 11.3 Å². The number of alkyl halides is 2. The average Bonchev–Trinajstić information content (AvgIpc) is 2.46. The molecule has 21 heavy (non-hydrogen) atoms. The fraction of sp³-hybridized carbons (Fsp3) is 0.500. The Balaban J connectivity index is 2.42. The van der Waals surface area contributed by atoms with Crippen molar-refractivity contribution in [1.82, 2.24) is 10.6 Å². The van der Waals surface area contributed by atoms with E-state index in [1.807, 2.05) is 6.07 Å². The van der Waals surface area contributed by atoms with Crippen LogP contribution in [0.5, 0.6) is 5.75 Å². The van der Waals surface area contributed by atoms with Gasteiger partial charge in [0.15, 0.2) is 5.96 Å². The van der Waals surface area contributed by atoms with Crippen molar-refractivity contribution < 1.29 is 18.3 Å². The van der Waals surface area contributed by atoms with E-state index < -0.39 is 6.61 Å². The van der Waals surface area contributed by atoms with E-state index in [4.69, 9.17) is 4.74 Å². The van der Waals surface area contributed by atoms with Crippen LogP contribution in [0.15, 0.2) is 29.3 Å². The van der Waals surface area contributed by atoms with Gasteiger partial charge in [-0.15, -0.1) is 0 Å². The Kier molecular flexibility index (Phi) is 8.11. The van der Waals surface area contributed by atoms with Crippen molar-refractivity contribution in [3.05, 3.63) is 29.8 Å². The molecule has 0 saturated carbocycles. The van der Waals surface area contributed by atoms with Crippen molar-refractivity contribution in [3.63, 3.8) is 0 Å². The topological polar surface area (TPSA) is 54.9 Å². The molecule has 0 amide bonds. The molecule has 5 nitrogen and oxygen atoms in total. The number of nitrogens with one attached hydrogen (secondary N) is 2. The zero-order valence-corrected chi connectivity index (χ0v) is 12.2. The predicted octanol–water partition coefficient (Wildman–Crippen LogP) is 1.99. The summed E-state index contributed by atoms with van der Waals surface area (Å²) >= 11 is 0. The molecule has 0 radical (unpaired) electrons. The number of methoxy groups -OCH3 is 1. The molecular weight excluding hydrogens is 280 g/mol. The van der Waals surface area contributed by atoms with E-state index >= 15 is 0 Å². The number of rotatable bonds is 8. The van der Waals surface area contributed by atoms with E-state index in [0.717, 1.165) is 18.5 Å². The fourth-order valence-corrected chi connectivity index (χ4v) is 1.66. The standard InChI is InChI=1S/C14H21F2N3O2/c1-17-14(18-7-4-8-20-2)19-10-11-5-3-6-12(9-11)21-13(15)16/h3,5-6,9,13H,4,7-8,10H2,1-2H3,(H2,17,18,19). The number of halogens is 2. The molecule has 0 fully saturated rings. The summed E-state index contributed by atoms with van der Waals surface area (Å²) in [6, 6.07) is 6.55. The van der Waals surface area contributed by atoms with Crippen molar-refractivity contribution in [2.24, 2.45) is 4.99 Å². The number of guanidine groups is 1. The van der Waals surface area contributed by atoms with E-state index in [9.17, 15) is 8.78 Å². The van der Waals surface area contributed by atoms with Gasteiger partial charge in [0.25, 0.3) is 0 Å². The van der Waals surface area contributed by atoms with Gasteiger partial charge in [0.2, 0.25) is 0 Å². The van der Waals surface area contributed by atoms with Gasteiger partial charge in [-0.1, -0.05) is 12.1 Å². The average molecular weight is 301 g/mol. The second-order valence-corrected chi connectivity index (χ2v) is 4.22. The Hall–Kier alpha value is -1.89. The monoisotopic (exact) mass is 301 g/mol. The number of benzene rings is 1. The summed E-state index contributed by atoms with van der Waals surface area (Å²) in [5.74, 6) is 0.790. The molecule has 1 aromatic rings. The molecule has 0 atom stereocenters. The van der Waals surface area contributed by atoms with Crippen LogP contribution in [0.4, 0.5) is 8.78 Å². The number of hydrogen-bond acceptors (Lipinski definition) is 3. The normalized spacial score (nSPS) is 11.6. The van der Waals surface area contributed by atoms with Gasteiger partial charge in [0, 0.05) is 33.9 Å². The zero-order chi connectivity index (χ0) is 15.5. The van der Waals surface area contributed by atoms with Crippen molar-refractivity contribution in [2.75, 3.05) is 27.3 Å². The number of aliphatic imine (C=N–C) groups is 1. The summed E-state index contributed by atoms with van der Waals surface area (Å²) in [7, 11) is 3.32. The molecule has 0 heterocycles. The van der Waals surface area contributed by atoms with Gasteiger partial charge in [-0.2, -0.15) is 8.78 Å². The second kappa shape index (κ2) is 9.93. The fourth-order valence-electron chi connectivity index (χ4n) is 1.66. The van der Waals surface area contributed by atoms with Crippen LogP contribution in [0.25, 0.3) is 0 Å². The van der Waals surface area contributed by atoms with Crippen molar-refractivity contribution in [3.8, 4) is 5.75 Å². The number of hydrogen-bond donors (Lipinski definition) is 2. The maximum Gasteiger partial charge on any atom is 0.387 e.